The van der Waals surface area contributed by atoms with Crippen LogP contribution in [0.15, 0.2) is 48.5 Å². The van der Waals surface area contributed by atoms with Crippen molar-refractivity contribution in [1.29, 1.82) is 0 Å². The summed E-state index contributed by atoms with van der Waals surface area (Å²) in [6.45, 7) is 5.47. The van der Waals surface area contributed by atoms with Crippen molar-refractivity contribution in [2.24, 2.45) is 0 Å². The normalized spacial score (nSPS) is 10.3. The summed E-state index contributed by atoms with van der Waals surface area (Å²) in [5, 5.41) is 5.80. The SMILES string of the molecule is Cc1ccc(CCNC(=O)NCCc2ccccc2C)cc1. The Bertz CT molecular complexity index is 605. The fraction of sp³-hybridized carbons (Fsp3) is 0.316. The minimum Gasteiger partial charge on any atom is -0.338 e. The summed E-state index contributed by atoms with van der Waals surface area (Å²) in [5.74, 6) is 0. The van der Waals surface area contributed by atoms with Crippen molar-refractivity contribution < 1.29 is 4.79 Å². The molecule has 2 aromatic rings. The van der Waals surface area contributed by atoms with Gasteiger partial charge in [0.25, 0.3) is 0 Å². The van der Waals surface area contributed by atoms with Crippen molar-refractivity contribution in [1.82, 2.24) is 10.6 Å². The summed E-state index contributed by atoms with van der Waals surface area (Å²) >= 11 is 0. The van der Waals surface area contributed by atoms with E-state index in [1.807, 2.05) is 12.1 Å². The molecule has 0 aliphatic rings. The molecule has 0 spiro atoms. The number of carbonyl (C=O) groups excluding carboxylic acids is 1. The van der Waals surface area contributed by atoms with Crippen LogP contribution < -0.4 is 10.6 Å². The molecule has 3 nitrogen and oxygen atoms in total. The zero-order valence-corrected chi connectivity index (χ0v) is 13.4. The Morgan fingerprint density at radius 1 is 0.864 bits per heavy atom. The van der Waals surface area contributed by atoms with Gasteiger partial charge in [-0.3, -0.25) is 0 Å². The lowest BCUT2D eigenvalue weighted by molar-refractivity contribution is 0.241. The van der Waals surface area contributed by atoms with Crippen LogP contribution in [0.4, 0.5) is 4.79 Å². The molecule has 0 aromatic heterocycles. The molecule has 0 atom stereocenters. The van der Waals surface area contributed by atoms with Crippen LogP contribution >= 0.6 is 0 Å². The summed E-state index contributed by atoms with van der Waals surface area (Å²) in [4.78, 5) is 11.7. The fourth-order valence-electron chi connectivity index (χ4n) is 2.34. The number of amides is 2. The maximum atomic E-state index is 11.7. The molecule has 0 bridgehead atoms. The first-order valence-electron chi connectivity index (χ1n) is 7.77. The van der Waals surface area contributed by atoms with E-state index >= 15 is 0 Å². The number of hydrogen-bond donors (Lipinski definition) is 2. The molecule has 3 heteroatoms. The quantitative estimate of drug-likeness (QED) is 0.843. The van der Waals surface area contributed by atoms with Gasteiger partial charge in [0.15, 0.2) is 0 Å². The van der Waals surface area contributed by atoms with E-state index < -0.39 is 0 Å². The van der Waals surface area contributed by atoms with Gasteiger partial charge in [-0.15, -0.1) is 0 Å². The predicted octanol–water partition coefficient (Wildman–Crippen LogP) is 3.39. The van der Waals surface area contributed by atoms with Gasteiger partial charge in [-0.2, -0.15) is 0 Å². The lowest BCUT2D eigenvalue weighted by Gasteiger charge is -2.09. The molecular weight excluding hydrogens is 272 g/mol. The molecule has 0 saturated heterocycles. The van der Waals surface area contributed by atoms with Crippen LogP contribution in [-0.2, 0) is 12.8 Å². The minimum atomic E-state index is -0.0966. The summed E-state index contributed by atoms with van der Waals surface area (Å²) in [7, 11) is 0. The molecule has 0 heterocycles. The highest BCUT2D eigenvalue weighted by Crippen LogP contribution is 2.06. The topological polar surface area (TPSA) is 41.1 Å². The number of nitrogens with one attached hydrogen (secondary N) is 2. The second-order valence-corrected chi connectivity index (χ2v) is 5.59. The highest BCUT2D eigenvalue weighted by Gasteiger charge is 2.01. The summed E-state index contributed by atoms with van der Waals surface area (Å²) in [6, 6.07) is 16.6. The van der Waals surface area contributed by atoms with Crippen molar-refractivity contribution in [2.45, 2.75) is 26.7 Å². The minimum absolute atomic E-state index is 0.0966. The molecule has 0 unspecified atom stereocenters. The third-order valence-electron chi connectivity index (χ3n) is 3.76. The molecule has 22 heavy (non-hydrogen) atoms. The van der Waals surface area contributed by atoms with Crippen LogP contribution in [0.3, 0.4) is 0 Å². The van der Waals surface area contributed by atoms with Gasteiger partial charge in [-0.25, -0.2) is 4.79 Å². The van der Waals surface area contributed by atoms with E-state index in [0.717, 1.165) is 12.8 Å². The van der Waals surface area contributed by atoms with E-state index in [1.54, 1.807) is 0 Å². The van der Waals surface area contributed by atoms with Crippen molar-refractivity contribution in [3.63, 3.8) is 0 Å². The maximum absolute atomic E-state index is 11.7. The average Bonchev–Trinajstić information content (AvgIpc) is 2.51. The first-order chi connectivity index (χ1) is 10.6. The average molecular weight is 296 g/mol. The smallest absolute Gasteiger partial charge is 0.314 e. The molecule has 0 saturated carbocycles. The lowest BCUT2D eigenvalue weighted by atomic mass is 10.1. The standard InChI is InChI=1S/C19H24N2O/c1-15-7-9-17(10-8-15)11-13-20-19(22)21-14-12-18-6-4-3-5-16(18)2/h3-10H,11-14H2,1-2H3,(H2,20,21,22). The van der Waals surface area contributed by atoms with Crippen LogP contribution in [-0.4, -0.2) is 19.1 Å². The summed E-state index contributed by atoms with van der Waals surface area (Å²) in [6.07, 6.45) is 1.71. The molecule has 0 radical (unpaired) electrons. The van der Waals surface area contributed by atoms with Crippen LogP contribution in [0, 0.1) is 13.8 Å². The van der Waals surface area contributed by atoms with Gasteiger partial charge in [-0.05, 0) is 43.4 Å². The number of carbonyl (C=O) groups is 1. The van der Waals surface area contributed by atoms with Crippen LogP contribution in [0.25, 0.3) is 0 Å². The third kappa shape index (κ3) is 5.24. The summed E-state index contributed by atoms with van der Waals surface area (Å²) in [5.41, 5.74) is 5.04. The second-order valence-electron chi connectivity index (χ2n) is 5.59. The number of rotatable bonds is 6. The Morgan fingerprint density at radius 2 is 1.50 bits per heavy atom. The second kappa shape index (κ2) is 8.23. The molecule has 0 fully saturated rings. The number of urea groups is 1. The van der Waals surface area contributed by atoms with E-state index in [4.69, 9.17) is 0 Å². The monoisotopic (exact) mass is 296 g/mol. The van der Waals surface area contributed by atoms with Gasteiger partial charge in [0.2, 0.25) is 0 Å². The van der Waals surface area contributed by atoms with Gasteiger partial charge < -0.3 is 10.6 Å². The molecule has 2 aromatic carbocycles. The van der Waals surface area contributed by atoms with Crippen molar-refractivity contribution in [2.75, 3.05) is 13.1 Å². The number of aryl methyl sites for hydroxylation is 2. The largest absolute Gasteiger partial charge is 0.338 e. The Balaban J connectivity index is 1.64. The van der Waals surface area contributed by atoms with Gasteiger partial charge in [0, 0.05) is 13.1 Å². The van der Waals surface area contributed by atoms with Gasteiger partial charge in [0.1, 0.15) is 0 Å². The Morgan fingerprint density at radius 3 is 2.18 bits per heavy atom. The van der Waals surface area contributed by atoms with Gasteiger partial charge in [-0.1, -0.05) is 54.1 Å². The van der Waals surface area contributed by atoms with E-state index in [9.17, 15) is 4.79 Å². The third-order valence-corrected chi connectivity index (χ3v) is 3.76. The van der Waals surface area contributed by atoms with Crippen LogP contribution in [0.1, 0.15) is 22.3 Å². The molecule has 116 valence electrons. The molecular formula is C19H24N2O. The molecule has 2 amide bonds. The highest BCUT2D eigenvalue weighted by molar-refractivity contribution is 5.73. The first kappa shape index (κ1) is 16.1. The van der Waals surface area contributed by atoms with E-state index in [-0.39, 0.29) is 6.03 Å². The Kier molecular flexibility index (Phi) is 6.01. The van der Waals surface area contributed by atoms with E-state index in [0.29, 0.717) is 13.1 Å². The van der Waals surface area contributed by atoms with Crippen molar-refractivity contribution in [3.05, 3.63) is 70.8 Å². The zero-order valence-electron chi connectivity index (χ0n) is 13.4. The molecule has 2 rings (SSSR count). The zero-order chi connectivity index (χ0) is 15.8. The van der Waals surface area contributed by atoms with Crippen molar-refractivity contribution in [3.8, 4) is 0 Å². The highest BCUT2D eigenvalue weighted by atomic mass is 16.2. The fourth-order valence-corrected chi connectivity index (χ4v) is 2.34. The van der Waals surface area contributed by atoms with E-state index in [1.165, 1.54) is 22.3 Å². The molecule has 0 aliphatic heterocycles. The van der Waals surface area contributed by atoms with Gasteiger partial charge in [0.05, 0.1) is 0 Å². The molecule has 2 N–H and O–H groups in total. The molecule has 0 aliphatic carbocycles. The van der Waals surface area contributed by atoms with Crippen LogP contribution in [0.5, 0.6) is 0 Å². The Hall–Kier alpha value is -2.29. The lowest BCUT2D eigenvalue weighted by Crippen LogP contribution is -2.37. The van der Waals surface area contributed by atoms with E-state index in [2.05, 4.69) is 60.9 Å². The predicted molar refractivity (Wildman–Crippen MR) is 91.2 cm³/mol. The summed E-state index contributed by atoms with van der Waals surface area (Å²) < 4.78 is 0. The first-order valence-corrected chi connectivity index (χ1v) is 7.77. The number of benzene rings is 2. The Labute approximate surface area is 132 Å². The van der Waals surface area contributed by atoms with Gasteiger partial charge >= 0.3 is 6.03 Å². The van der Waals surface area contributed by atoms with Crippen LogP contribution in [0.2, 0.25) is 0 Å². The van der Waals surface area contributed by atoms with Crippen molar-refractivity contribution >= 4 is 6.03 Å². The number of hydrogen-bond acceptors (Lipinski definition) is 1. The maximum Gasteiger partial charge on any atom is 0.314 e.